The van der Waals surface area contributed by atoms with Gasteiger partial charge in [0.2, 0.25) is 10.0 Å². The van der Waals surface area contributed by atoms with Crippen molar-refractivity contribution in [1.29, 1.82) is 0 Å². The first kappa shape index (κ1) is 14.2. The third-order valence-electron chi connectivity index (χ3n) is 3.82. The molecule has 5 nitrogen and oxygen atoms in total. The van der Waals surface area contributed by atoms with Crippen molar-refractivity contribution < 1.29 is 13.2 Å². The van der Waals surface area contributed by atoms with Gasteiger partial charge >= 0.3 is 0 Å². The maximum absolute atomic E-state index is 12.0. The lowest BCUT2D eigenvalue weighted by atomic mass is 10.0. The molecule has 2 fully saturated rings. The van der Waals surface area contributed by atoms with Gasteiger partial charge in [-0.05, 0) is 51.6 Å². The van der Waals surface area contributed by atoms with Crippen LogP contribution in [0, 0.1) is 5.92 Å². The summed E-state index contributed by atoms with van der Waals surface area (Å²) in [5.41, 5.74) is -0.308. The number of hydrogen-bond donors (Lipinski definition) is 2. The molecule has 0 amide bonds. The molecule has 2 N–H and O–H groups in total. The van der Waals surface area contributed by atoms with E-state index in [0.29, 0.717) is 6.54 Å². The van der Waals surface area contributed by atoms with Gasteiger partial charge in [-0.2, -0.15) is 0 Å². The lowest BCUT2D eigenvalue weighted by Crippen LogP contribution is -2.43. The van der Waals surface area contributed by atoms with Crippen molar-refractivity contribution in [3.8, 4) is 0 Å². The Balaban J connectivity index is 1.79. The Morgan fingerprint density at radius 1 is 1.44 bits per heavy atom. The van der Waals surface area contributed by atoms with E-state index in [0.717, 1.165) is 45.4 Å². The second-order valence-corrected chi connectivity index (χ2v) is 7.57. The Hall–Kier alpha value is -0.170. The SMILES string of the molecule is CC1(CNS(=O)(=O)CC2CCCNC2)CCCO1. The van der Waals surface area contributed by atoms with Crippen LogP contribution in [0.4, 0.5) is 0 Å². The standard InChI is InChI=1S/C12H24N2O3S/c1-12(5-3-7-17-12)10-14-18(15,16)9-11-4-2-6-13-8-11/h11,13-14H,2-10H2,1H3. The molecule has 0 spiro atoms. The third-order valence-corrected chi connectivity index (χ3v) is 5.31. The lowest BCUT2D eigenvalue weighted by molar-refractivity contribution is 0.0250. The first-order chi connectivity index (χ1) is 8.49. The fourth-order valence-corrected chi connectivity index (χ4v) is 4.22. The molecule has 2 rings (SSSR count). The molecule has 18 heavy (non-hydrogen) atoms. The topological polar surface area (TPSA) is 67.4 Å². The Labute approximate surface area is 110 Å². The van der Waals surface area contributed by atoms with E-state index in [1.54, 1.807) is 0 Å². The van der Waals surface area contributed by atoms with Gasteiger partial charge < -0.3 is 10.1 Å². The number of piperidine rings is 1. The van der Waals surface area contributed by atoms with Crippen LogP contribution in [-0.4, -0.2) is 46.0 Å². The highest BCUT2D eigenvalue weighted by Crippen LogP contribution is 2.24. The smallest absolute Gasteiger partial charge is 0.212 e. The fraction of sp³-hybridized carbons (Fsp3) is 1.00. The van der Waals surface area contributed by atoms with Crippen molar-refractivity contribution >= 4 is 10.0 Å². The van der Waals surface area contributed by atoms with E-state index in [1.807, 2.05) is 6.92 Å². The number of hydrogen-bond acceptors (Lipinski definition) is 4. The van der Waals surface area contributed by atoms with E-state index in [9.17, 15) is 8.42 Å². The molecule has 2 aliphatic rings. The average molecular weight is 276 g/mol. The molecular formula is C12H24N2O3S. The third kappa shape index (κ3) is 4.19. The highest BCUT2D eigenvalue weighted by atomic mass is 32.2. The molecule has 0 aromatic carbocycles. The number of rotatable bonds is 5. The maximum atomic E-state index is 12.0. The zero-order valence-corrected chi connectivity index (χ0v) is 11.9. The molecule has 2 atom stereocenters. The largest absolute Gasteiger partial charge is 0.374 e. The van der Waals surface area contributed by atoms with Crippen molar-refractivity contribution in [2.75, 3.05) is 32.0 Å². The molecule has 0 bridgehead atoms. The van der Waals surface area contributed by atoms with Gasteiger partial charge in [0.25, 0.3) is 0 Å². The van der Waals surface area contributed by atoms with Gasteiger partial charge in [0.1, 0.15) is 0 Å². The van der Waals surface area contributed by atoms with Gasteiger partial charge in [-0.15, -0.1) is 0 Å². The van der Waals surface area contributed by atoms with E-state index >= 15 is 0 Å². The van der Waals surface area contributed by atoms with Crippen molar-refractivity contribution in [3.05, 3.63) is 0 Å². The molecule has 2 saturated heterocycles. The number of sulfonamides is 1. The van der Waals surface area contributed by atoms with Crippen LogP contribution in [0.2, 0.25) is 0 Å². The molecule has 2 unspecified atom stereocenters. The molecule has 6 heteroatoms. The molecule has 2 heterocycles. The summed E-state index contributed by atoms with van der Waals surface area (Å²) in [4.78, 5) is 0. The first-order valence-electron chi connectivity index (χ1n) is 6.81. The summed E-state index contributed by atoms with van der Waals surface area (Å²) in [5, 5.41) is 3.25. The minimum atomic E-state index is -3.18. The summed E-state index contributed by atoms with van der Waals surface area (Å²) >= 11 is 0. The molecular weight excluding hydrogens is 252 g/mol. The normalized spacial score (nSPS) is 33.7. The van der Waals surface area contributed by atoms with Gasteiger partial charge in [0.05, 0.1) is 11.4 Å². The van der Waals surface area contributed by atoms with Crippen molar-refractivity contribution in [2.24, 2.45) is 5.92 Å². The van der Waals surface area contributed by atoms with Crippen LogP contribution in [-0.2, 0) is 14.8 Å². The Morgan fingerprint density at radius 3 is 2.89 bits per heavy atom. The van der Waals surface area contributed by atoms with Gasteiger partial charge in [0, 0.05) is 13.2 Å². The summed E-state index contributed by atoms with van der Waals surface area (Å²) < 4.78 is 32.3. The quantitative estimate of drug-likeness (QED) is 0.766. The van der Waals surface area contributed by atoms with Crippen molar-refractivity contribution in [3.63, 3.8) is 0 Å². The zero-order valence-electron chi connectivity index (χ0n) is 11.1. The minimum absolute atomic E-state index is 0.232. The predicted octanol–water partition coefficient (Wildman–Crippen LogP) is 0.475. The minimum Gasteiger partial charge on any atom is -0.374 e. The fourth-order valence-electron chi connectivity index (χ4n) is 2.67. The van der Waals surface area contributed by atoms with E-state index < -0.39 is 10.0 Å². The summed E-state index contributed by atoms with van der Waals surface area (Å²) in [7, 11) is -3.18. The Kier molecular flexibility index (Phi) is 4.64. The molecule has 0 saturated carbocycles. The molecule has 0 radical (unpaired) electrons. The number of nitrogens with one attached hydrogen (secondary N) is 2. The lowest BCUT2D eigenvalue weighted by Gasteiger charge is -2.25. The second-order valence-electron chi connectivity index (χ2n) is 5.72. The second kappa shape index (κ2) is 5.86. The van der Waals surface area contributed by atoms with Crippen LogP contribution < -0.4 is 10.0 Å². The van der Waals surface area contributed by atoms with E-state index in [2.05, 4.69) is 10.0 Å². The summed E-state index contributed by atoms with van der Waals surface area (Å²) in [6.07, 6.45) is 4.02. The van der Waals surface area contributed by atoms with Gasteiger partial charge in [-0.25, -0.2) is 13.1 Å². The first-order valence-corrected chi connectivity index (χ1v) is 8.46. The predicted molar refractivity (Wildman–Crippen MR) is 71.0 cm³/mol. The van der Waals surface area contributed by atoms with Gasteiger partial charge in [-0.3, -0.25) is 0 Å². The van der Waals surface area contributed by atoms with Crippen molar-refractivity contribution in [2.45, 2.75) is 38.2 Å². The van der Waals surface area contributed by atoms with Crippen LogP contribution in [0.15, 0.2) is 0 Å². The molecule has 0 aromatic heterocycles. The van der Waals surface area contributed by atoms with Crippen LogP contribution in [0.1, 0.15) is 32.6 Å². The summed E-state index contributed by atoms with van der Waals surface area (Å²) in [6, 6.07) is 0. The Morgan fingerprint density at radius 2 is 2.28 bits per heavy atom. The zero-order chi connectivity index (χ0) is 13.1. The number of ether oxygens (including phenoxy) is 1. The highest BCUT2D eigenvalue weighted by molar-refractivity contribution is 7.89. The molecule has 2 aliphatic heterocycles. The van der Waals surface area contributed by atoms with E-state index in [-0.39, 0.29) is 17.3 Å². The van der Waals surface area contributed by atoms with Crippen LogP contribution in [0.3, 0.4) is 0 Å². The van der Waals surface area contributed by atoms with E-state index in [1.165, 1.54) is 0 Å². The van der Waals surface area contributed by atoms with Crippen molar-refractivity contribution in [1.82, 2.24) is 10.0 Å². The Bertz CT molecular complexity index is 358. The summed E-state index contributed by atoms with van der Waals surface area (Å²) in [6.45, 7) is 4.94. The maximum Gasteiger partial charge on any atom is 0.212 e. The molecule has 0 aromatic rings. The average Bonchev–Trinajstić information content (AvgIpc) is 2.76. The van der Waals surface area contributed by atoms with Gasteiger partial charge in [0.15, 0.2) is 0 Å². The summed E-state index contributed by atoms with van der Waals surface area (Å²) in [5.74, 6) is 0.476. The van der Waals surface area contributed by atoms with Crippen LogP contribution >= 0.6 is 0 Å². The van der Waals surface area contributed by atoms with Crippen LogP contribution in [0.5, 0.6) is 0 Å². The highest BCUT2D eigenvalue weighted by Gasteiger charge is 2.31. The van der Waals surface area contributed by atoms with Crippen LogP contribution in [0.25, 0.3) is 0 Å². The van der Waals surface area contributed by atoms with Gasteiger partial charge in [-0.1, -0.05) is 0 Å². The molecule has 106 valence electrons. The monoisotopic (exact) mass is 276 g/mol. The molecule has 0 aliphatic carbocycles. The van der Waals surface area contributed by atoms with E-state index in [4.69, 9.17) is 4.74 Å².